The van der Waals surface area contributed by atoms with Crippen LogP contribution in [0.3, 0.4) is 0 Å². The second-order valence-electron chi connectivity index (χ2n) is 2.52. The molecule has 0 aliphatic heterocycles. The van der Waals surface area contributed by atoms with Crippen molar-refractivity contribution in [2.45, 2.75) is 0 Å². The third-order valence-electron chi connectivity index (χ3n) is 1.80. The minimum absolute atomic E-state index is 0. The molecule has 0 saturated carbocycles. The number of rotatable bonds is 1. The highest BCUT2D eigenvalue weighted by molar-refractivity contribution is 5.90. The predicted octanol–water partition coefficient (Wildman–Crippen LogP) is -1.36. The van der Waals surface area contributed by atoms with Crippen molar-refractivity contribution < 1.29 is 13.8 Å². The molecule has 3 N–H and O–H groups in total. The SMILES string of the molecule is NNc1ccnc2ccccc12.[Cl-].[H+]. The molecule has 2 aromatic rings. The molecular weight excluding hydrogens is 186 g/mol. The van der Waals surface area contributed by atoms with Crippen LogP contribution in [0.15, 0.2) is 36.5 Å². The van der Waals surface area contributed by atoms with Crippen molar-refractivity contribution in [3.8, 4) is 0 Å². The van der Waals surface area contributed by atoms with Gasteiger partial charge in [-0.25, -0.2) is 0 Å². The van der Waals surface area contributed by atoms with Crippen LogP contribution in [-0.2, 0) is 0 Å². The molecule has 0 fully saturated rings. The number of anilines is 1. The number of nitrogens with two attached hydrogens (primary N) is 1. The number of nitrogens with one attached hydrogen (secondary N) is 1. The Bertz CT molecular complexity index is 403. The number of para-hydroxylation sites is 1. The number of hydrazine groups is 1. The van der Waals surface area contributed by atoms with E-state index in [9.17, 15) is 0 Å². The predicted molar refractivity (Wildman–Crippen MR) is 50.7 cm³/mol. The Balaban J connectivity index is 0.000000845. The number of nitrogen functional groups attached to an aromatic ring is 1. The van der Waals surface area contributed by atoms with Gasteiger partial charge < -0.3 is 17.8 Å². The van der Waals surface area contributed by atoms with Gasteiger partial charge >= 0.3 is 1.43 Å². The zero-order valence-electron chi connectivity index (χ0n) is 7.87. The molecule has 0 bridgehead atoms. The Kier molecular flexibility index (Phi) is 3.06. The van der Waals surface area contributed by atoms with Gasteiger partial charge in [0.15, 0.2) is 0 Å². The average molecular weight is 196 g/mol. The number of halogens is 1. The number of benzene rings is 1. The first-order chi connectivity index (χ1) is 5.92. The summed E-state index contributed by atoms with van der Waals surface area (Å²) in [5.41, 5.74) is 4.49. The van der Waals surface area contributed by atoms with Gasteiger partial charge in [0.1, 0.15) is 0 Å². The lowest BCUT2D eigenvalue weighted by Gasteiger charge is -2.02. The molecule has 3 nitrogen and oxygen atoms in total. The lowest BCUT2D eigenvalue weighted by molar-refractivity contribution is -0.00000248. The number of aromatic nitrogens is 1. The summed E-state index contributed by atoms with van der Waals surface area (Å²) in [6.07, 6.45) is 1.73. The van der Waals surface area contributed by atoms with Crippen LogP contribution in [0.25, 0.3) is 10.9 Å². The van der Waals surface area contributed by atoms with Crippen molar-refractivity contribution in [1.82, 2.24) is 4.98 Å². The number of hydrogen-bond acceptors (Lipinski definition) is 3. The number of pyridine rings is 1. The zero-order valence-corrected chi connectivity index (χ0v) is 7.62. The maximum Gasteiger partial charge on any atom is 1.00 e. The van der Waals surface area contributed by atoms with Gasteiger partial charge in [0, 0.05) is 11.6 Å². The number of hydrogen-bond donors (Lipinski definition) is 2. The van der Waals surface area contributed by atoms with E-state index in [4.69, 9.17) is 5.84 Å². The second kappa shape index (κ2) is 4.07. The summed E-state index contributed by atoms with van der Waals surface area (Å²) in [5, 5.41) is 1.04. The first-order valence-corrected chi connectivity index (χ1v) is 3.72. The fourth-order valence-electron chi connectivity index (χ4n) is 1.22. The summed E-state index contributed by atoms with van der Waals surface area (Å²) in [6.45, 7) is 0. The summed E-state index contributed by atoms with van der Waals surface area (Å²) in [6, 6.07) is 9.70. The number of nitrogens with zero attached hydrogens (tertiary/aromatic N) is 1. The Morgan fingerprint density at radius 3 is 2.77 bits per heavy atom. The van der Waals surface area contributed by atoms with Crippen LogP contribution >= 0.6 is 0 Å². The van der Waals surface area contributed by atoms with Crippen molar-refractivity contribution in [2.24, 2.45) is 5.84 Å². The third-order valence-corrected chi connectivity index (χ3v) is 1.80. The van der Waals surface area contributed by atoms with Crippen LogP contribution in [0.1, 0.15) is 1.43 Å². The van der Waals surface area contributed by atoms with Crippen LogP contribution < -0.4 is 23.7 Å². The van der Waals surface area contributed by atoms with E-state index in [0.29, 0.717) is 0 Å². The minimum Gasteiger partial charge on any atom is -1.00 e. The van der Waals surface area contributed by atoms with Gasteiger partial charge in [-0.3, -0.25) is 10.8 Å². The molecule has 0 aliphatic carbocycles. The van der Waals surface area contributed by atoms with Crippen molar-refractivity contribution in [3.63, 3.8) is 0 Å². The molecule has 0 aliphatic rings. The first-order valence-electron chi connectivity index (χ1n) is 3.72. The molecule has 2 rings (SSSR count). The summed E-state index contributed by atoms with van der Waals surface area (Å²) in [7, 11) is 0. The van der Waals surface area contributed by atoms with E-state index in [1.807, 2.05) is 30.3 Å². The number of fused-ring (bicyclic) bond motifs is 1. The van der Waals surface area contributed by atoms with Crippen molar-refractivity contribution in [2.75, 3.05) is 5.43 Å². The van der Waals surface area contributed by atoms with E-state index < -0.39 is 0 Å². The largest absolute Gasteiger partial charge is 1.00 e. The van der Waals surface area contributed by atoms with Crippen molar-refractivity contribution >= 4 is 16.6 Å². The Morgan fingerprint density at radius 1 is 1.23 bits per heavy atom. The molecule has 0 saturated heterocycles. The van der Waals surface area contributed by atoms with E-state index in [-0.39, 0.29) is 13.8 Å². The van der Waals surface area contributed by atoms with Gasteiger partial charge in [0.25, 0.3) is 0 Å². The lowest BCUT2D eigenvalue weighted by atomic mass is 10.2. The Hall–Kier alpha value is -1.32. The van der Waals surface area contributed by atoms with Crippen LogP contribution in [0.4, 0.5) is 5.69 Å². The molecule has 68 valence electrons. The van der Waals surface area contributed by atoms with E-state index >= 15 is 0 Å². The van der Waals surface area contributed by atoms with E-state index in [1.165, 1.54) is 0 Å². The van der Waals surface area contributed by atoms with E-state index in [1.54, 1.807) is 6.20 Å². The highest BCUT2D eigenvalue weighted by atomic mass is 35.5. The first kappa shape index (κ1) is 9.77. The average Bonchev–Trinajstić information content (AvgIpc) is 2.17. The zero-order chi connectivity index (χ0) is 8.39. The Morgan fingerprint density at radius 2 is 2.00 bits per heavy atom. The highest BCUT2D eigenvalue weighted by Crippen LogP contribution is 2.19. The van der Waals surface area contributed by atoms with Gasteiger partial charge in [0.2, 0.25) is 0 Å². The molecule has 4 heteroatoms. The summed E-state index contributed by atoms with van der Waals surface area (Å²) in [4.78, 5) is 4.19. The lowest BCUT2D eigenvalue weighted by Crippen LogP contribution is -3.00. The monoisotopic (exact) mass is 195 g/mol. The molecule has 0 unspecified atom stereocenters. The van der Waals surface area contributed by atoms with Crippen LogP contribution in [0, 0.1) is 0 Å². The normalized spacial score (nSPS) is 9.31. The third kappa shape index (κ3) is 1.71. The van der Waals surface area contributed by atoms with Gasteiger partial charge in [0.05, 0.1) is 11.2 Å². The molecule has 0 radical (unpaired) electrons. The summed E-state index contributed by atoms with van der Waals surface area (Å²) in [5.74, 6) is 5.34. The standard InChI is InChI=1S/C9H9N3.ClH/c10-12-9-5-6-11-8-4-2-1-3-7(8)9;/h1-6H,10H2,(H,11,12);1H. The van der Waals surface area contributed by atoms with Gasteiger partial charge in [-0.15, -0.1) is 0 Å². The van der Waals surface area contributed by atoms with Crippen LogP contribution in [0.2, 0.25) is 0 Å². The maximum absolute atomic E-state index is 5.34. The highest BCUT2D eigenvalue weighted by Gasteiger charge is 1.96. The smallest absolute Gasteiger partial charge is 1.00 e. The molecule has 1 aromatic carbocycles. The van der Waals surface area contributed by atoms with Gasteiger partial charge in [-0.05, 0) is 12.1 Å². The summed E-state index contributed by atoms with van der Waals surface area (Å²) >= 11 is 0. The van der Waals surface area contributed by atoms with Gasteiger partial charge in [-0.1, -0.05) is 18.2 Å². The topological polar surface area (TPSA) is 50.9 Å². The molecule has 1 heterocycles. The second-order valence-corrected chi connectivity index (χ2v) is 2.52. The molecular formula is C9H10ClN3. The van der Waals surface area contributed by atoms with Gasteiger partial charge in [-0.2, -0.15) is 0 Å². The van der Waals surface area contributed by atoms with Crippen molar-refractivity contribution in [3.05, 3.63) is 36.5 Å². The molecule has 0 spiro atoms. The molecule has 1 aromatic heterocycles. The quantitative estimate of drug-likeness (QED) is 0.437. The Labute approximate surface area is 83.8 Å². The maximum atomic E-state index is 5.34. The van der Waals surface area contributed by atoms with E-state index in [2.05, 4.69) is 10.4 Å². The van der Waals surface area contributed by atoms with Crippen molar-refractivity contribution in [1.29, 1.82) is 0 Å². The fourth-order valence-corrected chi connectivity index (χ4v) is 1.22. The molecule has 0 atom stereocenters. The fraction of sp³-hybridized carbons (Fsp3) is 0. The molecule has 0 amide bonds. The van der Waals surface area contributed by atoms with Crippen LogP contribution in [0.5, 0.6) is 0 Å². The van der Waals surface area contributed by atoms with E-state index in [0.717, 1.165) is 16.6 Å². The summed E-state index contributed by atoms with van der Waals surface area (Å²) < 4.78 is 0. The molecule has 13 heavy (non-hydrogen) atoms. The minimum atomic E-state index is 0. The van der Waals surface area contributed by atoms with Crippen LogP contribution in [-0.4, -0.2) is 4.98 Å².